The van der Waals surface area contributed by atoms with E-state index >= 15 is 0 Å². The molecular formula is C20H25BrN2O3S2. The Kier molecular flexibility index (Phi) is 8.85. The van der Waals surface area contributed by atoms with Crippen molar-refractivity contribution in [3.63, 3.8) is 0 Å². The molecule has 0 aliphatic carbocycles. The summed E-state index contributed by atoms with van der Waals surface area (Å²) in [6.07, 6.45) is 1.93. The van der Waals surface area contributed by atoms with E-state index in [1.807, 2.05) is 23.9 Å². The number of benzene rings is 2. The SMILES string of the molecule is Cc1ccccc1CSCCCNC(=O)CN(c1ccccc1Br)S(C)(=O)=O. The van der Waals surface area contributed by atoms with Crippen molar-refractivity contribution in [2.75, 3.05) is 29.4 Å². The molecule has 0 heterocycles. The summed E-state index contributed by atoms with van der Waals surface area (Å²) >= 11 is 5.17. The van der Waals surface area contributed by atoms with Crippen molar-refractivity contribution in [2.45, 2.75) is 19.1 Å². The van der Waals surface area contributed by atoms with Crippen LogP contribution in [-0.2, 0) is 20.6 Å². The minimum Gasteiger partial charge on any atom is -0.354 e. The van der Waals surface area contributed by atoms with E-state index in [-0.39, 0.29) is 12.5 Å². The average molecular weight is 485 g/mol. The van der Waals surface area contributed by atoms with Gasteiger partial charge in [-0.25, -0.2) is 8.42 Å². The summed E-state index contributed by atoms with van der Waals surface area (Å²) in [6, 6.07) is 15.3. The van der Waals surface area contributed by atoms with Gasteiger partial charge >= 0.3 is 0 Å². The first-order chi connectivity index (χ1) is 13.3. The molecule has 1 amide bonds. The highest BCUT2D eigenvalue weighted by molar-refractivity contribution is 9.10. The molecule has 1 N–H and O–H groups in total. The van der Waals surface area contributed by atoms with E-state index in [1.54, 1.807) is 24.3 Å². The number of thioether (sulfide) groups is 1. The van der Waals surface area contributed by atoms with Crippen molar-refractivity contribution >= 4 is 49.3 Å². The van der Waals surface area contributed by atoms with Crippen molar-refractivity contribution in [1.29, 1.82) is 0 Å². The molecule has 2 aromatic rings. The van der Waals surface area contributed by atoms with Gasteiger partial charge in [-0.1, -0.05) is 36.4 Å². The lowest BCUT2D eigenvalue weighted by molar-refractivity contribution is -0.119. The second-order valence-electron chi connectivity index (χ2n) is 6.40. The number of carbonyl (C=O) groups excluding carboxylic acids is 1. The third-order valence-corrected chi connectivity index (χ3v) is 7.00. The molecule has 152 valence electrons. The van der Waals surface area contributed by atoms with Gasteiger partial charge in [0.1, 0.15) is 6.54 Å². The lowest BCUT2D eigenvalue weighted by Crippen LogP contribution is -2.40. The molecule has 2 rings (SSSR count). The Labute approximate surface area is 180 Å². The summed E-state index contributed by atoms with van der Waals surface area (Å²) in [4.78, 5) is 12.2. The van der Waals surface area contributed by atoms with Crippen LogP contribution in [0.2, 0.25) is 0 Å². The van der Waals surface area contributed by atoms with Crippen LogP contribution in [0.5, 0.6) is 0 Å². The van der Waals surface area contributed by atoms with Crippen LogP contribution in [0.15, 0.2) is 53.0 Å². The minimum atomic E-state index is -3.57. The Morgan fingerprint density at radius 1 is 1.14 bits per heavy atom. The van der Waals surface area contributed by atoms with Gasteiger partial charge in [0, 0.05) is 16.8 Å². The van der Waals surface area contributed by atoms with E-state index in [2.05, 4.69) is 40.3 Å². The summed E-state index contributed by atoms with van der Waals surface area (Å²) in [5.41, 5.74) is 3.07. The maximum Gasteiger partial charge on any atom is 0.240 e. The van der Waals surface area contributed by atoms with Crippen molar-refractivity contribution < 1.29 is 13.2 Å². The molecule has 0 aromatic heterocycles. The fraction of sp³-hybridized carbons (Fsp3) is 0.350. The molecule has 0 unspecified atom stereocenters. The molecule has 8 heteroatoms. The first-order valence-corrected chi connectivity index (χ1v) is 12.7. The van der Waals surface area contributed by atoms with Crippen LogP contribution in [-0.4, -0.2) is 39.4 Å². The Morgan fingerprint density at radius 3 is 2.50 bits per heavy atom. The average Bonchev–Trinajstić information content (AvgIpc) is 2.64. The standard InChI is InChI=1S/C20H25BrN2O3S2/c1-16-8-3-4-9-17(16)15-27-13-7-12-22-20(24)14-23(28(2,25)26)19-11-6-5-10-18(19)21/h3-6,8-11H,7,12-15H2,1-2H3,(H,22,24). The van der Waals surface area contributed by atoms with Gasteiger partial charge in [-0.2, -0.15) is 11.8 Å². The van der Waals surface area contributed by atoms with Crippen LogP contribution in [0.25, 0.3) is 0 Å². The van der Waals surface area contributed by atoms with Crippen LogP contribution in [0, 0.1) is 6.92 Å². The predicted octanol–water partition coefficient (Wildman–Crippen LogP) is 3.96. The topological polar surface area (TPSA) is 66.5 Å². The molecular weight excluding hydrogens is 460 g/mol. The van der Waals surface area contributed by atoms with Crippen molar-refractivity contribution in [3.8, 4) is 0 Å². The van der Waals surface area contributed by atoms with Crippen molar-refractivity contribution in [2.24, 2.45) is 0 Å². The number of halogens is 1. The molecule has 2 aromatic carbocycles. The number of hydrogen-bond donors (Lipinski definition) is 1. The molecule has 0 saturated carbocycles. The molecule has 0 radical (unpaired) electrons. The maximum atomic E-state index is 12.2. The normalized spacial score (nSPS) is 11.2. The number of para-hydroxylation sites is 1. The first kappa shape index (κ1) is 22.8. The molecule has 5 nitrogen and oxygen atoms in total. The Bertz CT molecular complexity index is 904. The summed E-state index contributed by atoms with van der Waals surface area (Å²) in [7, 11) is -3.57. The third-order valence-electron chi connectivity index (χ3n) is 4.12. The number of anilines is 1. The molecule has 0 fully saturated rings. The molecule has 0 aliphatic heterocycles. The van der Waals surface area contributed by atoms with E-state index in [4.69, 9.17) is 0 Å². The summed E-state index contributed by atoms with van der Waals surface area (Å²) in [5, 5.41) is 2.81. The highest BCUT2D eigenvalue weighted by atomic mass is 79.9. The zero-order chi connectivity index (χ0) is 20.6. The number of hydrogen-bond acceptors (Lipinski definition) is 4. The van der Waals surface area contributed by atoms with Crippen LogP contribution in [0.4, 0.5) is 5.69 Å². The van der Waals surface area contributed by atoms with Gasteiger partial charge in [0.2, 0.25) is 15.9 Å². The molecule has 0 aliphatic rings. The lowest BCUT2D eigenvalue weighted by atomic mass is 10.1. The van der Waals surface area contributed by atoms with Crippen LogP contribution < -0.4 is 9.62 Å². The largest absolute Gasteiger partial charge is 0.354 e. The zero-order valence-electron chi connectivity index (χ0n) is 16.0. The van der Waals surface area contributed by atoms with Gasteiger partial charge in [0.25, 0.3) is 0 Å². The van der Waals surface area contributed by atoms with Gasteiger partial charge in [-0.3, -0.25) is 9.10 Å². The van der Waals surface area contributed by atoms with Crippen molar-refractivity contribution in [1.82, 2.24) is 5.32 Å². The van der Waals surface area contributed by atoms with Gasteiger partial charge in [-0.05, 0) is 58.3 Å². The minimum absolute atomic E-state index is 0.238. The summed E-state index contributed by atoms with van der Waals surface area (Å²) in [5.74, 6) is 1.56. The summed E-state index contributed by atoms with van der Waals surface area (Å²) in [6.45, 7) is 2.39. The summed E-state index contributed by atoms with van der Waals surface area (Å²) < 4.78 is 26.0. The van der Waals surface area contributed by atoms with Gasteiger partial charge in [0.15, 0.2) is 0 Å². The molecule has 0 atom stereocenters. The zero-order valence-corrected chi connectivity index (χ0v) is 19.2. The quantitative estimate of drug-likeness (QED) is 0.518. The Hall–Kier alpha value is -1.51. The van der Waals surface area contributed by atoms with Crippen LogP contribution >= 0.6 is 27.7 Å². The number of amides is 1. The van der Waals surface area contributed by atoms with Crippen molar-refractivity contribution in [3.05, 3.63) is 64.1 Å². The van der Waals surface area contributed by atoms with E-state index in [0.29, 0.717) is 16.7 Å². The Morgan fingerprint density at radius 2 is 1.82 bits per heavy atom. The van der Waals surface area contributed by atoms with Gasteiger partial charge in [0.05, 0.1) is 11.9 Å². The van der Waals surface area contributed by atoms with E-state index in [1.165, 1.54) is 11.1 Å². The third kappa shape index (κ3) is 7.14. The number of carbonyl (C=O) groups is 1. The highest BCUT2D eigenvalue weighted by Gasteiger charge is 2.22. The highest BCUT2D eigenvalue weighted by Crippen LogP contribution is 2.27. The predicted molar refractivity (Wildman–Crippen MR) is 121 cm³/mol. The fourth-order valence-electron chi connectivity index (χ4n) is 2.58. The van der Waals surface area contributed by atoms with E-state index in [9.17, 15) is 13.2 Å². The number of aryl methyl sites for hydroxylation is 1. The fourth-order valence-corrected chi connectivity index (χ4v) is 5.10. The first-order valence-electron chi connectivity index (χ1n) is 8.90. The number of nitrogens with zero attached hydrogens (tertiary/aromatic N) is 1. The van der Waals surface area contributed by atoms with E-state index < -0.39 is 10.0 Å². The van der Waals surface area contributed by atoms with Crippen LogP contribution in [0.3, 0.4) is 0 Å². The lowest BCUT2D eigenvalue weighted by Gasteiger charge is -2.23. The number of rotatable bonds is 10. The van der Waals surface area contributed by atoms with Crippen LogP contribution in [0.1, 0.15) is 17.5 Å². The maximum absolute atomic E-state index is 12.2. The number of sulfonamides is 1. The van der Waals surface area contributed by atoms with E-state index in [0.717, 1.165) is 28.5 Å². The molecule has 0 bridgehead atoms. The monoisotopic (exact) mass is 484 g/mol. The second-order valence-corrected chi connectivity index (χ2v) is 10.3. The smallest absolute Gasteiger partial charge is 0.240 e. The molecule has 28 heavy (non-hydrogen) atoms. The van der Waals surface area contributed by atoms with Gasteiger partial charge < -0.3 is 5.32 Å². The second kappa shape index (κ2) is 10.9. The molecule has 0 spiro atoms. The molecule has 0 saturated heterocycles. The Balaban J connectivity index is 1.77. The number of nitrogens with one attached hydrogen (secondary N) is 1. The van der Waals surface area contributed by atoms with Gasteiger partial charge in [-0.15, -0.1) is 0 Å².